The molecule has 0 atom stereocenters. The van der Waals surface area contributed by atoms with Gasteiger partial charge in [-0.3, -0.25) is 4.79 Å². The molecule has 0 radical (unpaired) electrons. The first-order chi connectivity index (χ1) is 7.65. The number of aliphatic hydroxyl groups excluding tert-OH is 1. The van der Waals surface area contributed by atoms with E-state index in [9.17, 15) is 9.90 Å². The maximum absolute atomic E-state index is 11.8. The van der Waals surface area contributed by atoms with Gasteiger partial charge in [-0.1, -0.05) is 0 Å². The molecule has 0 saturated heterocycles. The van der Waals surface area contributed by atoms with Crippen molar-refractivity contribution in [3.63, 3.8) is 0 Å². The predicted octanol–water partition coefficient (Wildman–Crippen LogP) is 0.453. The molecule has 2 rings (SSSR count). The van der Waals surface area contributed by atoms with Crippen LogP contribution in [0.25, 0.3) is 0 Å². The van der Waals surface area contributed by atoms with Crippen molar-refractivity contribution in [3.8, 4) is 0 Å². The predicted molar refractivity (Wildman–Crippen MR) is 58.9 cm³/mol. The summed E-state index contributed by atoms with van der Waals surface area (Å²) in [5.74, 6) is -0.123. The lowest BCUT2D eigenvalue weighted by atomic mass is 9.93. The van der Waals surface area contributed by atoms with E-state index in [-0.39, 0.29) is 18.1 Å². The van der Waals surface area contributed by atoms with Crippen molar-refractivity contribution in [2.75, 3.05) is 0 Å². The van der Waals surface area contributed by atoms with Gasteiger partial charge < -0.3 is 15.0 Å². The fraction of sp³-hybridized carbons (Fsp3) is 0.636. The van der Waals surface area contributed by atoms with Crippen LogP contribution in [0.5, 0.6) is 0 Å². The summed E-state index contributed by atoms with van der Waals surface area (Å²) in [6, 6.07) is 0.179. The van der Waals surface area contributed by atoms with Gasteiger partial charge in [0.05, 0.1) is 12.4 Å². The number of carbonyl (C=O) groups excluding carboxylic acids is 1. The minimum Gasteiger partial charge on any atom is -0.393 e. The van der Waals surface area contributed by atoms with Crippen molar-refractivity contribution in [1.82, 2.24) is 14.9 Å². The van der Waals surface area contributed by atoms with Crippen LogP contribution in [0.4, 0.5) is 0 Å². The summed E-state index contributed by atoms with van der Waals surface area (Å²) >= 11 is 0. The van der Waals surface area contributed by atoms with Crippen LogP contribution in [0, 0.1) is 0 Å². The van der Waals surface area contributed by atoms with Gasteiger partial charge >= 0.3 is 0 Å². The van der Waals surface area contributed by atoms with Gasteiger partial charge in [-0.2, -0.15) is 0 Å². The van der Waals surface area contributed by atoms with Crippen LogP contribution < -0.4 is 5.32 Å². The molecule has 0 spiro atoms. The van der Waals surface area contributed by atoms with Crippen molar-refractivity contribution in [3.05, 3.63) is 18.2 Å². The third kappa shape index (κ3) is 2.61. The van der Waals surface area contributed by atoms with Gasteiger partial charge in [-0.15, -0.1) is 0 Å². The minimum absolute atomic E-state index is 0.123. The van der Waals surface area contributed by atoms with E-state index >= 15 is 0 Å². The Morgan fingerprint density at radius 3 is 2.75 bits per heavy atom. The standard InChI is InChI=1S/C11H17N3O2/c1-14-6-10(12-7-14)11(16)13-8-2-4-9(15)5-3-8/h6-9,15H,2-5H2,1H3,(H,13,16). The van der Waals surface area contributed by atoms with Crippen LogP contribution in [-0.2, 0) is 7.05 Å². The summed E-state index contributed by atoms with van der Waals surface area (Å²) in [6.07, 6.45) is 6.36. The van der Waals surface area contributed by atoms with Gasteiger partial charge in [0.15, 0.2) is 0 Å². The van der Waals surface area contributed by atoms with Gasteiger partial charge in [0.1, 0.15) is 5.69 Å². The highest BCUT2D eigenvalue weighted by molar-refractivity contribution is 5.92. The molecule has 1 aromatic rings. The fourth-order valence-electron chi connectivity index (χ4n) is 2.01. The lowest BCUT2D eigenvalue weighted by Crippen LogP contribution is -2.38. The number of nitrogens with zero attached hydrogens (tertiary/aromatic N) is 2. The number of nitrogens with one attached hydrogen (secondary N) is 1. The summed E-state index contributed by atoms with van der Waals surface area (Å²) in [5, 5.41) is 12.3. The van der Waals surface area contributed by atoms with Crippen LogP contribution in [0.2, 0.25) is 0 Å². The lowest BCUT2D eigenvalue weighted by molar-refractivity contribution is 0.0863. The second kappa shape index (κ2) is 4.65. The normalized spacial score (nSPS) is 25.4. The van der Waals surface area contributed by atoms with Crippen LogP contribution in [0.3, 0.4) is 0 Å². The molecule has 5 heteroatoms. The molecule has 1 heterocycles. The van der Waals surface area contributed by atoms with Crippen LogP contribution in [0.1, 0.15) is 36.2 Å². The van der Waals surface area contributed by atoms with Gasteiger partial charge in [-0.05, 0) is 25.7 Å². The Bertz CT molecular complexity index is 367. The molecule has 5 nitrogen and oxygen atoms in total. The number of hydrogen-bond acceptors (Lipinski definition) is 3. The number of imidazole rings is 1. The highest BCUT2D eigenvalue weighted by atomic mass is 16.3. The monoisotopic (exact) mass is 223 g/mol. The molecule has 1 amide bonds. The minimum atomic E-state index is -0.192. The van der Waals surface area contributed by atoms with Crippen molar-refractivity contribution in [1.29, 1.82) is 0 Å². The Labute approximate surface area is 94.5 Å². The molecule has 16 heavy (non-hydrogen) atoms. The first-order valence-corrected chi connectivity index (χ1v) is 5.62. The van der Waals surface area contributed by atoms with Crippen molar-refractivity contribution >= 4 is 5.91 Å². The Morgan fingerprint density at radius 1 is 1.50 bits per heavy atom. The Balaban J connectivity index is 1.88. The Kier molecular flexibility index (Phi) is 3.24. The summed E-state index contributed by atoms with van der Waals surface area (Å²) in [4.78, 5) is 15.8. The summed E-state index contributed by atoms with van der Waals surface area (Å²) in [6.45, 7) is 0. The third-order valence-corrected chi connectivity index (χ3v) is 2.97. The van der Waals surface area contributed by atoms with Gasteiger partial charge in [0.2, 0.25) is 0 Å². The number of amides is 1. The van der Waals surface area contributed by atoms with Gasteiger partial charge in [0, 0.05) is 19.3 Å². The van der Waals surface area contributed by atoms with Crippen molar-refractivity contribution in [2.24, 2.45) is 7.05 Å². The molecular formula is C11H17N3O2. The van der Waals surface area contributed by atoms with Gasteiger partial charge in [-0.25, -0.2) is 4.98 Å². The average Bonchev–Trinajstić information content (AvgIpc) is 2.68. The molecule has 0 aromatic carbocycles. The molecular weight excluding hydrogens is 206 g/mol. The quantitative estimate of drug-likeness (QED) is 0.765. The number of aromatic nitrogens is 2. The van der Waals surface area contributed by atoms with Crippen LogP contribution >= 0.6 is 0 Å². The third-order valence-electron chi connectivity index (χ3n) is 2.97. The zero-order valence-electron chi connectivity index (χ0n) is 9.39. The molecule has 0 unspecified atom stereocenters. The molecule has 88 valence electrons. The van der Waals surface area contributed by atoms with E-state index in [0.29, 0.717) is 5.69 Å². The number of carbonyl (C=O) groups is 1. The highest BCUT2D eigenvalue weighted by Gasteiger charge is 2.21. The molecule has 2 N–H and O–H groups in total. The van der Waals surface area contributed by atoms with Crippen LogP contribution in [-0.4, -0.2) is 32.7 Å². The Hall–Kier alpha value is -1.36. The summed E-state index contributed by atoms with van der Waals surface area (Å²) in [7, 11) is 1.83. The molecule has 1 aromatic heterocycles. The van der Waals surface area contributed by atoms with Gasteiger partial charge in [0.25, 0.3) is 5.91 Å². The average molecular weight is 223 g/mol. The topological polar surface area (TPSA) is 67.2 Å². The van der Waals surface area contributed by atoms with Crippen molar-refractivity contribution < 1.29 is 9.90 Å². The smallest absolute Gasteiger partial charge is 0.271 e. The van der Waals surface area contributed by atoms with Crippen LogP contribution in [0.15, 0.2) is 12.5 Å². The first kappa shape index (κ1) is 11.1. The highest BCUT2D eigenvalue weighted by Crippen LogP contribution is 2.18. The van der Waals surface area contributed by atoms with E-state index in [0.717, 1.165) is 25.7 Å². The van der Waals surface area contributed by atoms with E-state index < -0.39 is 0 Å². The molecule has 1 saturated carbocycles. The largest absolute Gasteiger partial charge is 0.393 e. The number of rotatable bonds is 2. The summed E-state index contributed by atoms with van der Waals surface area (Å²) in [5.41, 5.74) is 0.452. The van der Waals surface area contributed by atoms with E-state index in [1.165, 1.54) is 0 Å². The summed E-state index contributed by atoms with van der Waals surface area (Å²) < 4.78 is 1.75. The van der Waals surface area contributed by atoms with E-state index in [4.69, 9.17) is 0 Å². The van der Waals surface area contributed by atoms with E-state index in [1.54, 1.807) is 17.1 Å². The lowest BCUT2D eigenvalue weighted by Gasteiger charge is -2.25. The number of hydrogen-bond donors (Lipinski definition) is 2. The molecule has 0 bridgehead atoms. The van der Waals surface area contributed by atoms with Crippen molar-refractivity contribution in [2.45, 2.75) is 37.8 Å². The maximum atomic E-state index is 11.8. The second-order valence-corrected chi connectivity index (χ2v) is 4.40. The molecule has 1 aliphatic carbocycles. The first-order valence-electron chi connectivity index (χ1n) is 5.62. The Morgan fingerprint density at radius 2 is 2.19 bits per heavy atom. The zero-order chi connectivity index (χ0) is 11.5. The fourth-order valence-corrected chi connectivity index (χ4v) is 2.01. The zero-order valence-corrected chi connectivity index (χ0v) is 9.39. The van der Waals surface area contributed by atoms with E-state index in [1.807, 2.05) is 7.05 Å². The second-order valence-electron chi connectivity index (χ2n) is 4.40. The van der Waals surface area contributed by atoms with E-state index in [2.05, 4.69) is 10.3 Å². The number of aryl methyl sites for hydroxylation is 1. The molecule has 1 aliphatic rings. The maximum Gasteiger partial charge on any atom is 0.271 e. The molecule has 1 fully saturated rings. The molecule has 0 aliphatic heterocycles. The SMILES string of the molecule is Cn1cnc(C(=O)NC2CCC(O)CC2)c1. The number of aliphatic hydroxyl groups is 1.